The van der Waals surface area contributed by atoms with Crippen molar-refractivity contribution in [2.45, 2.75) is 58.1 Å². The van der Waals surface area contributed by atoms with Crippen molar-refractivity contribution in [3.05, 3.63) is 29.8 Å². The molecule has 1 aliphatic rings. The van der Waals surface area contributed by atoms with Gasteiger partial charge < -0.3 is 15.0 Å². The second kappa shape index (κ2) is 7.35. The fourth-order valence-corrected chi connectivity index (χ4v) is 2.76. The third-order valence-electron chi connectivity index (χ3n) is 4.47. The monoisotopic (exact) mass is 318 g/mol. The lowest BCUT2D eigenvalue weighted by atomic mass is 9.87. The number of rotatable bonds is 4. The van der Waals surface area contributed by atoms with Gasteiger partial charge in [0, 0.05) is 6.04 Å². The Hall–Kier alpha value is -1.55. The first-order chi connectivity index (χ1) is 10.8. The highest BCUT2D eigenvalue weighted by Gasteiger charge is 2.22. The van der Waals surface area contributed by atoms with Crippen molar-refractivity contribution in [3.8, 4) is 5.75 Å². The van der Waals surface area contributed by atoms with E-state index in [2.05, 4.69) is 50.2 Å². The number of ether oxygens (including phenoxy) is 1. The van der Waals surface area contributed by atoms with Gasteiger partial charge in [-0.1, -0.05) is 32.9 Å². The Kier molecular flexibility index (Phi) is 5.69. The van der Waals surface area contributed by atoms with Crippen LogP contribution in [0.2, 0.25) is 0 Å². The van der Waals surface area contributed by atoms with Gasteiger partial charge in [0.1, 0.15) is 5.75 Å². The standard InChI is InChI=1S/C19H30N2O2/c1-14(18(22)20-16-10-12-21(5)13-11-16)23-17-8-6-15(7-9-17)19(2,3)4/h6-9,14,16H,10-13H2,1-5H3,(H,20,22)/t14-/m0/s1. The van der Waals surface area contributed by atoms with Crippen LogP contribution in [0, 0.1) is 0 Å². The Morgan fingerprint density at radius 2 is 1.78 bits per heavy atom. The van der Waals surface area contributed by atoms with E-state index >= 15 is 0 Å². The van der Waals surface area contributed by atoms with Gasteiger partial charge in [0.25, 0.3) is 5.91 Å². The maximum Gasteiger partial charge on any atom is 0.260 e. The first kappa shape index (κ1) is 17.8. The lowest BCUT2D eigenvalue weighted by Crippen LogP contribution is -2.47. The van der Waals surface area contributed by atoms with Gasteiger partial charge in [-0.3, -0.25) is 4.79 Å². The molecule has 0 spiro atoms. The Morgan fingerprint density at radius 3 is 2.30 bits per heavy atom. The van der Waals surface area contributed by atoms with Gasteiger partial charge in [0.15, 0.2) is 6.10 Å². The maximum absolute atomic E-state index is 12.3. The van der Waals surface area contributed by atoms with Crippen molar-refractivity contribution in [1.29, 1.82) is 0 Å². The number of amides is 1. The number of piperidine rings is 1. The average molecular weight is 318 g/mol. The summed E-state index contributed by atoms with van der Waals surface area (Å²) in [5.41, 5.74) is 1.38. The summed E-state index contributed by atoms with van der Waals surface area (Å²) in [6, 6.07) is 8.29. The highest BCUT2D eigenvalue weighted by molar-refractivity contribution is 5.81. The summed E-state index contributed by atoms with van der Waals surface area (Å²) in [7, 11) is 2.12. The van der Waals surface area contributed by atoms with Crippen LogP contribution in [-0.2, 0) is 10.2 Å². The zero-order valence-corrected chi connectivity index (χ0v) is 15.1. The van der Waals surface area contributed by atoms with E-state index in [1.165, 1.54) is 5.56 Å². The smallest absolute Gasteiger partial charge is 0.260 e. The molecule has 2 rings (SSSR count). The summed E-state index contributed by atoms with van der Waals surface area (Å²) < 4.78 is 5.78. The Morgan fingerprint density at radius 1 is 1.22 bits per heavy atom. The zero-order chi connectivity index (χ0) is 17.0. The van der Waals surface area contributed by atoms with Crippen molar-refractivity contribution in [2.24, 2.45) is 0 Å². The number of hydrogen-bond donors (Lipinski definition) is 1. The normalized spacial score (nSPS) is 18.5. The fourth-order valence-electron chi connectivity index (χ4n) is 2.76. The van der Waals surface area contributed by atoms with Crippen LogP contribution in [0.25, 0.3) is 0 Å². The summed E-state index contributed by atoms with van der Waals surface area (Å²) >= 11 is 0. The Labute approximate surface area is 140 Å². The molecule has 1 N–H and O–H groups in total. The number of nitrogens with zero attached hydrogens (tertiary/aromatic N) is 1. The predicted octanol–water partition coefficient (Wildman–Crippen LogP) is 2.96. The van der Waals surface area contributed by atoms with Crippen LogP contribution in [0.15, 0.2) is 24.3 Å². The molecule has 0 bridgehead atoms. The van der Waals surface area contributed by atoms with Crippen molar-refractivity contribution in [1.82, 2.24) is 10.2 Å². The van der Waals surface area contributed by atoms with Crippen LogP contribution >= 0.6 is 0 Å². The third-order valence-corrected chi connectivity index (χ3v) is 4.47. The van der Waals surface area contributed by atoms with Gasteiger partial charge in [-0.05, 0) is 63.0 Å². The van der Waals surface area contributed by atoms with Gasteiger partial charge in [-0.15, -0.1) is 0 Å². The van der Waals surface area contributed by atoms with Crippen LogP contribution in [0.4, 0.5) is 0 Å². The minimum Gasteiger partial charge on any atom is -0.481 e. The van der Waals surface area contributed by atoms with E-state index in [9.17, 15) is 4.79 Å². The molecule has 1 aromatic rings. The molecule has 1 aliphatic heterocycles. The minimum atomic E-state index is -0.477. The topological polar surface area (TPSA) is 41.6 Å². The molecular formula is C19H30N2O2. The molecule has 0 saturated carbocycles. The first-order valence-corrected chi connectivity index (χ1v) is 8.52. The molecule has 0 aromatic heterocycles. The molecule has 4 nitrogen and oxygen atoms in total. The van der Waals surface area contributed by atoms with E-state index < -0.39 is 6.10 Å². The molecule has 0 radical (unpaired) electrons. The molecule has 1 saturated heterocycles. The number of likely N-dealkylation sites (tertiary alicyclic amines) is 1. The van der Waals surface area contributed by atoms with Crippen LogP contribution in [0.5, 0.6) is 5.75 Å². The third kappa shape index (κ3) is 5.24. The SMILES string of the molecule is C[C@H](Oc1ccc(C(C)(C)C)cc1)C(=O)NC1CCN(C)CC1. The molecule has 4 heteroatoms. The summed E-state index contributed by atoms with van der Waals surface area (Å²) in [6.07, 6.45) is 1.54. The molecule has 1 atom stereocenters. The lowest BCUT2D eigenvalue weighted by Gasteiger charge is -2.30. The highest BCUT2D eigenvalue weighted by atomic mass is 16.5. The molecule has 128 valence electrons. The summed E-state index contributed by atoms with van der Waals surface area (Å²) in [5, 5.41) is 3.10. The summed E-state index contributed by atoms with van der Waals surface area (Å²) in [6.45, 7) is 10.4. The van der Waals surface area contributed by atoms with E-state index in [4.69, 9.17) is 4.74 Å². The lowest BCUT2D eigenvalue weighted by molar-refractivity contribution is -0.128. The Bertz CT molecular complexity index is 511. The second-order valence-corrected chi connectivity index (χ2v) is 7.62. The molecule has 1 heterocycles. The number of carbonyl (C=O) groups excluding carboxylic acids is 1. The van der Waals surface area contributed by atoms with Gasteiger partial charge in [0.05, 0.1) is 0 Å². The second-order valence-electron chi connectivity index (χ2n) is 7.62. The molecule has 1 amide bonds. The summed E-state index contributed by atoms with van der Waals surface area (Å²) in [5.74, 6) is 0.712. The Balaban J connectivity index is 1.86. The van der Waals surface area contributed by atoms with E-state index in [-0.39, 0.29) is 17.4 Å². The maximum atomic E-state index is 12.3. The number of hydrogen-bond acceptors (Lipinski definition) is 3. The predicted molar refractivity (Wildman–Crippen MR) is 93.9 cm³/mol. The van der Waals surface area contributed by atoms with Gasteiger partial charge in [-0.2, -0.15) is 0 Å². The van der Waals surface area contributed by atoms with Crippen LogP contribution in [-0.4, -0.2) is 43.1 Å². The first-order valence-electron chi connectivity index (χ1n) is 8.52. The van der Waals surface area contributed by atoms with Crippen molar-refractivity contribution in [3.63, 3.8) is 0 Å². The number of benzene rings is 1. The zero-order valence-electron chi connectivity index (χ0n) is 15.1. The molecular weight excluding hydrogens is 288 g/mol. The number of carbonyl (C=O) groups is 1. The van der Waals surface area contributed by atoms with Gasteiger partial charge in [0.2, 0.25) is 0 Å². The fraction of sp³-hybridized carbons (Fsp3) is 0.632. The average Bonchev–Trinajstić information content (AvgIpc) is 2.49. The molecule has 23 heavy (non-hydrogen) atoms. The van der Waals surface area contributed by atoms with Crippen LogP contribution < -0.4 is 10.1 Å². The van der Waals surface area contributed by atoms with Crippen molar-refractivity contribution >= 4 is 5.91 Å². The van der Waals surface area contributed by atoms with Crippen molar-refractivity contribution < 1.29 is 9.53 Å². The molecule has 0 aliphatic carbocycles. The molecule has 0 unspecified atom stereocenters. The molecule has 1 fully saturated rings. The highest BCUT2D eigenvalue weighted by Crippen LogP contribution is 2.24. The summed E-state index contributed by atoms with van der Waals surface area (Å²) in [4.78, 5) is 14.6. The number of nitrogens with one attached hydrogen (secondary N) is 1. The van der Waals surface area contributed by atoms with Gasteiger partial charge >= 0.3 is 0 Å². The van der Waals surface area contributed by atoms with Crippen LogP contribution in [0.1, 0.15) is 46.1 Å². The van der Waals surface area contributed by atoms with Crippen LogP contribution in [0.3, 0.4) is 0 Å². The van der Waals surface area contributed by atoms with E-state index in [1.54, 1.807) is 0 Å². The van der Waals surface area contributed by atoms with Gasteiger partial charge in [-0.25, -0.2) is 0 Å². The van der Waals surface area contributed by atoms with Crippen molar-refractivity contribution in [2.75, 3.05) is 20.1 Å². The molecule has 1 aromatic carbocycles. The van der Waals surface area contributed by atoms with E-state index in [1.807, 2.05) is 19.1 Å². The minimum absolute atomic E-state index is 0.0283. The van der Waals surface area contributed by atoms with E-state index in [0.717, 1.165) is 31.7 Å². The quantitative estimate of drug-likeness (QED) is 0.928. The van der Waals surface area contributed by atoms with E-state index in [0.29, 0.717) is 0 Å². The largest absolute Gasteiger partial charge is 0.481 e.